The van der Waals surface area contributed by atoms with E-state index in [2.05, 4.69) is 0 Å². The highest BCUT2D eigenvalue weighted by molar-refractivity contribution is 7.89. The fourth-order valence-electron chi connectivity index (χ4n) is 1.89. The van der Waals surface area contributed by atoms with Gasteiger partial charge < -0.3 is 10.5 Å². The van der Waals surface area contributed by atoms with Gasteiger partial charge in [-0.25, -0.2) is 8.42 Å². The van der Waals surface area contributed by atoms with E-state index in [1.54, 1.807) is 13.1 Å². The maximum absolute atomic E-state index is 12.5. The average molecular weight is 286 g/mol. The van der Waals surface area contributed by atoms with E-state index in [1.807, 2.05) is 13.8 Å². The van der Waals surface area contributed by atoms with Crippen LogP contribution in [0.25, 0.3) is 0 Å². The Morgan fingerprint density at radius 2 is 2.05 bits per heavy atom. The highest BCUT2D eigenvalue weighted by atomic mass is 32.2. The summed E-state index contributed by atoms with van der Waals surface area (Å²) in [5.41, 5.74) is 6.11. The van der Waals surface area contributed by atoms with Crippen LogP contribution in [0, 0.1) is 0 Å². The molecular formula is C13H22N2O3S. The standard InChI is InChI=1S/C13H22N2O3S/c1-5-6-10(2)15(3)19(16,17)13-8-7-11(14)9-12(13)18-4/h7-10H,5-6,14H2,1-4H3. The van der Waals surface area contributed by atoms with Crippen LogP contribution < -0.4 is 10.5 Å². The van der Waals surface area contributed by atoms with E-state index in [1.165, 1.54) is 23.5 Å². The molecule has 0 heterocycles. The molecule has 0 radical (unpaired) electrons. The molecule has 19 heavy (non-hydrogen) atoms. The van der Waals surface area contributed by atoms with Gasteiger partial charge in [-0.15, -0.1) is 0 Å². The van der Waals surface area contributed by atoms with Crippen LogP contribution in [0.2, 0.25) is 0 Å². The number of hydrogen-bond donors (Lipinski definition) is 1. The number of nitrogens with zero attached hydrogens (tertiary/aromatic N) is 1. The van der Waals surface area contributed by atoms with Crippen molar-refractivity contribution in [2.75, 3.05) is 19.9 Å². The van der Waals surface area contributed by atoms with E-state index in [4.69, 9.17) is 10.5 Å². The van der Waals surface area contributed by atoms with Crippen molar-refractivity contribution in [3.63, 3.8) is 0 Å². The van der Waals surface area contributed by atoms with Crippen LogP contribution in [0.5, 0.6) is 5.75 Å². The Balaban J connectivity index is 3.20. The van der Waals surface area contributed by atoms with Gasteiger partial charge in [0.1, 0.15) is 10.6 Å². The lowest BCUT2D eigenvalue weighted by Gasteiger charge is -2.24. The lowest BCUT2D eigenvalue weighted by molar-refractivity contribution is 0.362. The van der Waals surface area contributed by atoms with Crippen molar-refractivity contribution in [2.24, 2.45) is 0 Å². The Bertz CT molecular complexity index is 529. The maximum atomic E-state index is 12.5. The molecule has 0 aliphatic rings. The van der Waals surface area contributed by atoms with Crippen molar-refractivity contribution >= 4 is 15.7 Å². The molecule has 1 unspecified atom stereocenters. The molecule has 0 amide bonds. The molecule has 1 rings (SSSR count). The van der Waals surface area contributed by atoms with Gasteiger partial charge in [0.15, 0.2) is 0 Å². The average Bonchev–Trinajstić information content (AvgIpc) is 2.37. The van der Waals surface area contributed by atoms with E-state index in [0.717, 1.165) is 12.8 Å². The molecular weight excluding hydrogens is 264 g/mol. The van der Waals surface area contributed by atoms with Crippen molar-refractivity contribution in [1.29, 1.82) is 0 Å². The topological polar surface area (TPSA) is 72.6 Å². The van der Waals surface area contributed by atoms with Gasteiger partial charge in [-0.3, -0.25) is 0 Å². The number of nitrogen functional groups attached to an aromatic ring is 1. The normalized spacial score (nSPS) is 13.5. The van der Waals surface area contributed by atoms with Crippen LogP contribution in [0.15, 0.2) is 23.1 Å². The third-order valence-electron chi connectivity index (χ3n) is 3.17. The summed E-state index contributed by atoms with van der Waals surface area (Å²) in [6.07, 6.45) is 1.74. The fourth-order valence-corrected chi connectivity index (χ4v) is 3.41. The van der Waals surface area contributed by atoms with Crippen LogP contribution in [-0.4, -0.2) is 32.9 Å². The van der Waals surface area contributed by atoms with Crippen LogP contribution in [0.3, 0.4) is 0 Å². The second kappa shape index (κ2) is 6.25. The molecule has 1 aromatic carbocycles. The minimum absolute atomic E-state index is 0.0581. The zero-order valence-corrected chi connectivity index (χ0v) is 12.7. The lowest BCUT2D eigenvalue weighted by atomic mass is 10.2. The van der Waals surface area contributed by atoms with Gasteiger partial charge >= 0.3 is 0 Å². The fraction of sp³-hybridized carbons (Fsp3) is 0.538. The first-order chi connectivity index (χ1) is 8.84. The van der Waals surface area contributed by atoms with Crippen LogP contribution in [0.1, 0.15) is 26.7 Å². The summed E-state index contributed by atoms with van der Waals surface area (Å²) in [7, 11) is -0.545. The molecule has 0 spiro atoms. The third kappa shape index (κ3) is 3.39. The van der Waals surface area contributed by atoms with Crippen molar-refractivity contribution in [1.82, 2.24) is 4.31 Å². The number of hydrogen-bond acceptors (Lipinski definition) is 4. The van der Waals surface area contributed by atoms with Gasteiger partial charge in [0, 0.05) is 24.8 Å². The highest BCUT2D eigenvalue weighted by Gasteiger charge is 2.27. The quantitative estimate of drug-likeness (QED) is 0.813. The SMILES string of the molecule is CCCC(C)N(C)S(=O)(=O)c1ccc(N)cc1OC. The smallest absolute Gasteiger partial charge is 0.246 e. The largest absolute Gasteiger partial charge is 0.495 e. The minimum atomic E-state index is -3.57. The Labute approximate surface area is 115 Å². The summed E-state index contributed by atoms with van der Waals surface area (Å²) in [4.78, 5) is 0.148. The van der Waals surface area contributed by atoms with E-state index >= 15 is 0 Å². The molecule has 5 nitrogen and oxygen atoms in total. The first-order valence-corrected chi connectivity index (χ1v) is 7.70. The molecule has 0 fully saturated rings. The van der Waals surface area contributed by atoms with Crippen molar-refractivity contribution < 1.29 is 13.2 Å². The lowest BCUT2D eigenvalue weighted by Crippen LogP contribution is -2.35. The summed E-state index contributed by atoms with van der Waals surface area (Å²) >= 11 is 0. The molecule has 2 N–H and O–H groups in total. The Morgan fingerprint density at radius 3 is 2.58 bits per heavy atom. The van der Waals surface area contributed by atoms with Gasteiger partial charge in [0.2, 0.25) is 10.0 Å². The monoisotopic (exact) mass is 286 g/mol. The minimum Gasteiger partial charge on any atom is -0.495 e. The van der Waals surface area contributed by atoms with Crippen LogP contribution in [-0.2, 0) is 10.0 Å². The number of rotatable bonds is 6. The molecule has 0 saturated heterocycles. The molecule has 1 aromatic rings. The molecule has 1 atom stereocenters. The number of benzene rings is 1. The van der Waals surface area contributed by atoms with Crippen LogP contribution in [0.4, 0.5) is 5.69 Å². The number of sulfonamides is 1. The predicted octanol–water partition coefficient (Wildman–Crippen LogP) is 2.09. The Morgan fingerprint density at radius 1 is 1.42 bits per heavy atom. The van der Waals surface area contributed by atoms with Crippen molar-refractivity contribution in [3.05, 3.63) is 18.2 Å². The van der Waals surface area contributed by atoms with Gasteiger partial charge in [-0.1, -0.05) is 13.3 Å². The zero-order valence-electron chi connectivity index (χ0n) is 11.9. The summed E-state index contributed by atoms with van der Waals surface area (Å²) in [5, 5.41) is 0. The van der Waals surface area contributed by atoms with E-state index in [-0.39, 0.29) is 16.7 Å². The van der Waals surface area contributed by atoms with Gasteiger partial charge in [0.05, 0.1) is 7.11 Å². The molecule has 6 heteroatoms. The molecule has 0 aliphatic carbocycles. The van der Waals surface area contributed by atoms with E-state index in [9.17, 15) is 8.42 Å². The second-order valence-corrected chi connectivity index (χ2v) is 6.54. The zero-order chi connectivity index (χ0) is 14.6. The molecule has 0 saturated carbocycles. The van der Waals surface area contributed by atoms with Crippen molar-refractivity contribution in [3.8, 4) is 5.75 Å². The Kier molecular flexibility index (Phi) is 5.20. The van der Waals surface area contributed by atoms with Crippen LogP contribution >= 0.6 is 0 Å². The molecule has 0 aliphatic heterocycles. The van der Waals surface area contributed by atoms with Crippen molar-refractivity contribution in [2.45, 2.75) is 37.6 Å². The molecule has 108 valence electrons. The third-order valence-corrected chi connectivity index (χ3v) is 5.18. The Hall–Kier alpha value is -1.27. The summed E-state index contributed by atoms with van der Waals surface area (Å²) in [6, 6.07) is 4.51. The van der Waals surface area contributed by atoms with E-state index in [0.29, 0.717) is 5.69 Å². The summed E-state index contributed by atoms with van der Waals surface area (Å²) in [6.45, 7) is 3.92. The van der Waals surface area contributed by atoms with Gasteiger partial charge in [0.25, 0.3) is 0 Å². The number of methoxy groups -OCH3 is 1. The van der Waals surface area contributed by atoms with Gasteiger partial charge in [-0.05, 0) is 25.5 Å². The number of anilines is 1. The number of ether oxygens (including phenoxy) is 1. The first-order valence-electron chi connectivity index (χ1n) is 6.26. The summed E-state index contributed by atoms with van der Waals surface area (Å²) in [5.74, 6) is 0.274. The van der Waals surface area contributed by atoms with Gasteiger partial charge in [-0.2, -0.15) is 4.31 Å². The maximum Gasteiger partial charge on any atom is 0.246 e. The summed E-state index contributed by atoms with van der Waals surface area (Å²) < 4.78 is 31.6. The molecule has 0 aromatic heterocycles. The second-order valence-electron chi connectivity index (χ2n) is 4.57. The predicted molar refractivity (Wildman–Crippen MR) is 76.7 cm³/mol. The number of nitrogens with two attached hydrogens (primary N) is 1. The molecule has 0 bridgehead atoms. The van der Waals surface area contributed by atoms with E-state index < -0.39 is 10.0 Å². The highest BCUT2D eigenvalue weighted by Crippen LogP contribution is 2.29. The first kappa shape index (κ1) is 15.8.